The van der Waals surface area contributed by atoms with Crippen molar-refractivity contribution in [2.45, 2.75) is 33.2 Å². The molecule has 1 unspecified atom stereocenters. The van der Waals surface area contributed by atoms with Crippen LogP contribution in [0.1, 0.15) is 32.3 Å². The summed E-state index contributed by atoms with van der Waals surface area (Å²) in [5.41, 5.74) is 2.22. The van der Waals surface area contributed by atoms with Crippen LogP contribution in [0, 0.1) is 5.92 Å². The first-order valence-electron chi connectivity index (χ1n) is 8.91. The van der Waals surface area contributed by atoms with Crippen LogP contribution in [0.3, 0.4) is 0 Å². The average Bonchev–Trinajstić information content (AvgIpc) is 2.61. The molecule has 0 aromatic heterocycles. The summed E-state index contributed by atoms with van der Waals surface area (Å²) in [5, 5.41) is 2.94. The maximum Gasteiger partial charge on any atom is 0.224 e. The SMILES string of the molecule is CCN(CC)c1ccc(CNC(=O)C2CCCN(S(C)(=O)=O)C2)cc1. The summed E-state index contributed by atoms with van der Waals surface area (Å²) in [5.74, 6) is -0.334. The predicted octanol–water partition coefficient (Wildman–Crippen LogP) is 1.82. The highest BCUT2D eigenvalue weighted by Gasteiger charge is 2.29. The van der Waals surface area contributed by atoms with Crippen molar-refractivity contribution in [3.05, 3.63) is 29.8 Å². The van der Waals surface area contributed by atoms with Crippen molar-refractivity contribution in [1.29, 1.82) is 0 Å². The van der Waals surface area contributed by atoms with Crippen molar-refractivity contribution in [2.24, 2.45) is 5.92 Å². The fourth-order valence-corrected chi connectivity index (χ4v) is 4.12. The van der Waals surface area contributed by atoms with Gasteiger partial charge in [-0.05, 0) is 44.4 Å². The van der Waals surface area contributed by atoms with E-state index in [1.165, 1.54) is 16.2 Å². The molecule has 1 atom stereocenters. The Morgan fingerprint density at radius 1 is 1.24 bits per heavy atom. The van der Waals surface area contributed by atoms with E-state index < -0.39 is 10.0 Å². The molecule has 1 heterocycles. The van der Waals surface area contributed by atoms with E-state index >= 15 is 0 Å². The van der Waals surface area contributed by atoms with Gasteiger partial charge in [0.25, 0.3) is 0 Å². The predicted molar refractivity (Wildman–Crippen MR) is 101 cm³/mol. The summed E-state index contributed by atoms with van der Waals surface area (Å²) in [4.78, 5) is 14.6. The van der Waals surface area contributed by atoms with Gasteiger partial charge < -0.3 is 10.2 Å². The van der Waals surface area contributed by atoms with Crippen LogP contribution in [0.25, 0.3) is 0 Å². The Balaban J connectivity index is 1.89. The number of carbonyl (C=O) groups is 1. The zero-order chi connectivity index (χ0) is 18.4. The molecule has 6 nitrogen and oxygen atoms in total. The molecule has 1 aliphatic rings. The first kappa shape index (κ1) is 19.7. The molecule has 1 aliphatic heterocycles. The molecule has 1 N–H and O–H groups in total. The molecule has 7 heteroatoms. The highest BCUT2D eigenvalue weighted by atomic mass is 32.2. The Bertz CT molecular complexity index is 669. The Morgan fingerprint density at radius 3 is 2.44 bits per heavy atom. The van der Waals surface area contributed by atoms with Crippen molar-refractivity contribution in [1.82, 2.24) is 9.62 Å². The van der Waals surface area contributed by atoms with Crippen LogP contribution < -0.4 is 10.2 Å². The Labute approximate surface area is 151 Å². The van der Waals surface area contributed by atoms with Gasteiger partial charge in [0.05, 0.1) is 12.2 Å². The molecule has 1 saturated heterocycles. The van der Waals surface area contributed by atoms with Crippen LogP contribution in [0.4, 0.5) is 5.69 Å². The van der Waals surface area contributed by atoms with Gasteiger partial charge in [-0.3, -0.25) is 4.79 Å². The van der Waals surface area contributed by atoms with E-state index in [9.17, 15) is 13.2 Å². The van der Waals surface area contributed by atoms with Crippen LogP contribution in [0.2, 0.25) is 0 Å². The molecule has 1 amide bonds. The summed E-state index contributed by atoms with van der Waals surface area (Å²) in [6.45, 7) is 7.44. The molecule has 140 valence electrons. The average molecular weight is 368 g/mol. The second-order valence-electron chi connectivity index (χ2n) is 6.52. The van der Waals surface area contributed by atoms with Gasteiger partial charge in [-0.2, -0.15) is 0 Å². The van der Waals surface area contributed by atoms with Crippen LogP contribution >= 0.6 is 0 Å². The van der Waals surface area contributed by atoms with E-state index in [-0.39, 0.29) is 18.4 Å². The summed E-state index contributed by atoms with van der Waals surface area (Å²) in [6.07, 6.45) is 2.66. The van der Waals surface area contributed by atoms with Gasteiger partial charge in [-0.25, -0.2) is 12.7 Å². The third-order valence-electron chi connectivity index (χ3n) is 4.76. The van der Waals surface area contributed by atoms with Crippen molar-refractivity contribution >= 4 is 21.6 Å². The van der Waals surface area contributed by atoms with Gasteiger partial charge in [-0.15, -0.1) is 0 Å². The number of benzene rings is 1. The summed E-state index contributed by atoms with van der Waals surface area (Å²) in [6, 6.07) is 8.19. The summed E-state index contributed by atoms with van der Waals surface area (Å²) < 4.78 is 24.7. The Hall–Kier alpha value is -1.60. The lowest BCUT2D eigenvalue weighted by molar-refractivity contribution is -0.126. The van der Waals surface area contributed by atoms with Crippen LogP contribution in [-0.4, -0.2) is 51.1 Å². The molecule has 0 radical (unpaired) electrons. The monoisotopic (exact) mass is 367 g/mol. The van der Waals surface area contributed by atoms with Gasteiger partial charge >= 0.3 is 0 Å². The van der Waals surface area contributed by atoms with E-state index in [4.69, 9.17) is 0 Å². The number of amides is 1. The number of anilines is 1. The number of nitrogens with zero attached hydrogens (tertiary/aromatic N) is 2. The minimum absolute atomic E-state index is 0.0684. The van der Waals surface area contributed by atoms with Crippen molar-refractivity contribution in [3.63, 3.8) is 0 Å². The van der Waals surface area contributed by atoms with Crippen molar-refractivity contribution in [2.75, 3.05) is 37.3 Å². The fourth-order valence-electron chi connectivity index (χ4n) is 3.20. The second-order valence-corrected chi connectivity index (χ2v) is 8.50. The fraction of sp³-hybridized carbons (Fsp3) is 0.611. The number of piperidine rings is 1. The van der Waals surface area contributed by atoms with E-state index in [1.54, 1.807) is 0 Å². The van der Waals surface area contributed by atoms with Crippen LogP contribution in [-0.2, 0) is 21.4 Å². The zero-order valence-electron chi connectivity index (χ0n) is 15.4. The third-order valence-corrected chi connectivity index (χ3v) is 6.03. The number of sulfonamides is 1. The quantitative estimate of drug-likeness (QED) is 0.798. The Kier molecular flexibility index (Phi) is 6.84. The van der Waals surface area contributed by atoms with Gasteiger partial charge in [0.1, 0.15) is 0 Å². The largest absolute Gasteiger partial charge is 0.372 e. The van der Waals surface area contributed by atoms with E-state index in [0.29, 0.717) is 13.1 Å². The highest BCUT2D eigenvalue weighted by molar-refractivity contribution is 7.88. The third kappa shape index (κ3) is 5.44. The molecule has 2 rings (SSSR count). The number of nitrogens with one attached hydrogen (secondary N) is 1. The van der Waals surface area contributed by atoms with Crippen LogP contribution in [0.15, 0.2) is 24.3 Å². The molecule has 25 heavy (non-hydrogen) atoms. The van der Waals surface area contributed by atoms with Crippen molar-refractivity contribution in [3.8, 4) is 0 Å². The molecule has 1 fully saturated rings. The second kappa shape index (κ2) is 8.67. The molecule has 1 aromatic rings. The van der Waals surface area contributed by atoms with Gasteiger partial charge in [0.2, 0.25) is 15.9 Å². The topological polar surface area (TPSA) is 69.7 Å². The number of rotatable bonds is 7. The number of hydrogen-bond acceptors (Lipinski definition) is 4. The van der Waals surface area contributed by atoms with Gasteiger partial charge in [-0.1, -0.05) is 12.1 Å². The lowest BCUT2D eigenvalue weighted by atomic mass is 9.98. The molecule has 0 spiro atoms. The smallest absolute Gasteiger partial charge is 0.224 e. The first-order valence-corrected chi connectivity index (χ1v) is 10.8. The molecule has 0 saturated carbocycles. The molecular weight excluding hydrogens is 338 g/mol. The zero-order valence-corrected chi connectivity index (χ0v) is 16.2. The minimum atomic E-state index is -3.23. The maximum absolute atomic E-state index is 12.4. The van der Waals surface area contributed by atoms with Crippen LogP contribution in [0.5, 0.6) is 0 Å². The van der Waals surface area contributed by atoms with E-state index in [2.05, 4.69) is 36.2 Å². The van der Waals surface area contributed by atoms with Gasteiger partial charge in [0.15, 0.2) is 0 Å². The molecular formula is C18H29N3O3S. The van der Waals surface area contributed by atoms with Gasteiger partial charge in [0, 0.05) is 38.4 Å². The van der Waals surface area contributed by atoms with E-state index in [0.717, 1.165) is 31.5 Å². The maximum atomic E-state index is 12.4. The highest BCUT2D eigenvalue weighted by Crippen LogP contribution is 2.19. The lowest BCUT2D eigenvalue weighted by Crippen LogP contribution is -2.44. The number of hydrogen-bond donors (Lipinski definition) is 1. The molecule has 0 aliphatic carbocycles. The molecule has 1 aromatic carbocycles. The summed E-state index contributed by atoms with van der Waals surface area (Å²) in [7, 11) is -3.23. The summed E-state index contributed by atoms with van der Waals surface area (Å²) >= 11 is 0. The van der Waals surface area contributed by atoms with Crippen molar-refractivity contribution < 1.29 is 13.2 Å². The number of carbonyl (C=O) groups excluding carboxylic acids is 1. The van der Waals surface area contributed by atoms with E-state index in [1.807, 2.05) is 12.1 Å². The molecule has 0 bridgehead atoms. The lowest BCUT2D eigenvalue weighted by Gasteiger charge is -2.30. The normalized spacial score (nSPS) is 18.8. The standard InChI is InChI=1S/C18H29N3O3S/c1-4-20(5-2)17-10-8-15(9-11-17)13-19-18(22)16-7-6-12-21(14-16)25(3,23)24/h8-11,16H,4-7,12-14H2,1-3H3,(H,19,22). The first-order chi connectivity index (χ1) is 11.8. The Morgan fingerprint density at radius 2 is 1.88 bits per heavy atom. The minimum Gasteiger partial charge on any atom is -0.372 e.